The zero-order valence-electron chi connectivity index (χ0n) is 11.9. The van der Waals surface area contributed by atoms with Gasteiger partial charge in [0.25, 0.3) is 5.91 Å². The molecule has 1 atom stereocenters. The van der Waals surface area contributed by atoms with E-state index in [9.17, 15) is 9.59 Å². The minimum absolute atomic E-state index is 0.319. The number of fused-ring (bicyclic) bond motifs is 1. The van der Waals surface area contributed by atoms with E-state index in [1.807, 2.05) is 6.92 Å². The zero-order chi connectivity index (χ0) is 14.9. The van der Waals surface area contributed by atoms with Crippen molar-refractivity contribution >= 4 is 17.6 Å². The Bertz CT molecular complexity index is 555. The largest absolute Gasteiger partial charge is 0.478 e. The summed E-state index contributed by atoms with van der Waals surface area (Å²) in [5.74, 6) is -0.254. The van der Waals surface area contributed by atoms with Crippen LogP contribution in [0.5, 0.6) is 5.75 Å². The molecule has 0 aromatic heterocycles. The Kier molecular flexibility index (Phi) is 3.94. The van der Waals surface area contributed by atoms with Gasteiger partial charge in [-0.25, -0.2) is 4.79 Å². The molecule has 108 valence electrons. The number of esters is 1. The monoisotopic (exact) mass is 279 g/mol. The van der Waals surface area contributed by atoms with Crippen molar-refractivity contribution < 1.29 is 23.9 Å². The standard InChI is InChI=1S/C14H17NO5/c1-5-9-6-12-11(7-10(9)14(17)18-3)15(19-4)13(16)8(2)20-12/h6-8H,5H2,1-4H3/t8-/m1/s1. The minimum atomic E-state index is -0.629. The molecule has 0 bridgehead atoms. The van der Waals surface area contributed by atoms with E-state index in [0.717, 1.165) is 10.6 Å². The predicted octanol–water partition coefficient (Wildman–Crippen LogP) is 1.71. The van der Waals surface area contributed by atoms with Gasteiger partial charge in [0.05, 0.1) is 19.8 Å². The van der Waals surface area contributed by atoms with Gasteiger partial charge in [0.15, 0.2) is 6.10 Å². The molecule has 1 aromatic rings. The Balaban J connectivity index is 2.59. The van der Waals surface area contributed by atoms with Gasteiger partial charge in [0.2, 0.25) is 0 Å². The molecule has 6 nitrogen and oxygen atoms in total. The van der Waals surface area contributed by atoms with Crippen LogP contribution >= 0.6 is 0 Å². The number of carbonyl (C=O) groups excluding carboxylic acids is 2. The average Bonchev–Trinajstić information content (AvgIpc) is 2.46. The van der Waals surface area contributed by atoms with Crippen LogP contribution in [0, 0.1) is 0 Å². The summed E-state index contributed by atoms with van der Waals surface area (Å²) >= 11 is 0. The Hall–Kier alpha value is -2.08. The number of carbonyl (C=O) groups is 2. The van der Waals surface area contributed by atoms with E-state index in [1.54, 1.807) is 19.1 Å². The summed E-state index contributed by atoms with van der Waals surface area (Å²) in [4.78, 5) is 28.9. The van der Waals surface area contributed by atoms with Crippen molar-refractivity contribution in [3.8, 4) is 5.75 Å². The van der Waals surface area contributed by atoms with Gasteiger partial charge in [-0.2, -0.15) is 5.06 Å². The van der Waals surface area contributed by atoms with E-state index in [2.05, 4.69) is 0 Å². The third-order valence-corrected chi connectivity index (χ3v) is 3.22. The van der Waals surface area contributed by atoms with E-state index in [1.165, 1.54) is 14.2 Å². The van der Waals surface area contributed by atoms with Crippen LogP contribution in [0.3, 0.4) is 0 Å². The Morgan fingerprint density at radius 1 is 1.40 bits per heavy atom. The summed E-state index contributed by atoms with van der Waals surface area (Å²) in [7, 11) is 2.71. The summed E-state index contributed by atoms with van der Waals surface area (Å²) in [6, 6.07) is 3.31. The Morgan fingerprint density at radius 2 is 2.10 bits per heavy atom. The summed E-state index contributed by atoms with van der Waals surface area (Å²) in [5.41, 5.74) is 1.61. The van der Waals surface area contributed by atoms with E-state index >= 15 is 0 Å². The minimum Gasteiger partial charge on any atom is -0.478 e. The molecule has 0 saturated heterocycles. The summed E-state index contributed by atoms with van der Waals surface area (Å²) in [6.45, 7) is 3.58. The lowest BCUT2D eigenvalue weighted by molar-refractivity contribution is -0.132. The van der Waals surface area contributed by atoms with E-state index in [4.69, 9.17) is 14.3 Å². The topological polar surface area (TPSA) is 65.1 Å². The van der Waals surface area contributed by atoms with Gasteiger partial charge in [-0.1, -0.05) is 6.92 Å². The molecule has 6 heteroatoms. The first-order chi connectivity index (χ1) is 9.53. The maximum atomic E-state index is 12.0. The van der Waals surface area contributed by atoms with Crippen molar-refractivity contribution in [2.24, 2.45) is 0 Å². The van der Waals surface area contributed by atoms with Crippen molar-refractivity contribution in [3.05, 3.63) is 23.3 Å². The number of ether oxygens (including phenoxy) is 2. The van der Waals surface area contributed by atoms with Crippen LogP contribution < -0.4 is 9.80 Å². The first-order valence-electron chi connectivity index (χ1n) is 6.33. The van der Waals surface area contributed by atoms with Crippen molar-refractivity contribution in [2.75, 3.05) is 19.3 Å². The maximum Gasteiger partial charge on any atom is 0.338 e. The molecule has 0 aliphatic carbocycles. The molecule has 1 aliphatic rings. The highest BCUT2D eigenvalue weighted by Gasteiger charge is 2.33. The fraction of sp³-hybridized carbons (Fsp3) is 0.429. The predicted molar refractivity (Wildman–Crippen MR) is 71.7 cm³/mol. The highest BCUT2D eigenvalue weighted by Crippen LogP contribution is 2.37. The fourth-order valence-electron chi connectivity index (χ4n) is 2.17. The van der Waals surface area contributed by atoms with E-state index < -0.39 is 12.1 Å². The molecule has 20 heavy (non-hydrogen) atoms. The van der Waals surface area contributed by atoms with Crippen LogP contribution in [0.2, 0.25) is 0 Å². The van der Waals surface area contributed by atoms with Crippen LogP contribution in [-0.4, -0.2) is 32.2 Å². The van der Waals surface area contributed by atoms with Crippen LogP contribution in [0.1, 0.15) is 29.8 Å². The molecule has 1 amide bonds. The highest BCUT2D eigenvalue weighted by atomic mass is 16.7. The number of hydrogen-bond donors (Lipinski definition) is 0. The second-order valence-electron chi connectivity index (χ2n) is 4.40. The molecule has 0 saturated carbocycles. The first kappa shape index (κ1) is 14.3. The van der Waals surface area contributed by atoms with Gasteiger partial charge >= 0.3 is 5.97 Å². The Morgan fingerprint density at radius 3 is 2.65 bits per heavy atom. The summed E-state index contributed by atoms with van der Waals surface area (Å²) in [5, 5.41) is 1.13. The smallest absolute Gasteiger partial charge is 0.338 e. The Labute approximate surface area is 117 Å². The second-order valence-corrected chi connectivity index (χ2v) is 4.40. The number of nitrogens with zero attached hydrogens (tertiary/aromatic N) is 1. The van der Waals surface area contributed by atoms with Gasteiger partial charge in [0.1, 0.15) is 11.4 Å². The number of aryl methyl sites for hydroxylation is 1. The van der Waals surface area contributed by atoms with Crippen molar-refractivity contribution in [1.29, 1.82) is 0 Å². The number of hydroxylamine groups is 1. The van der Waals surface area contributed by atoms with Gasteiger partial charge in [-0.3, -0.25) is 9.63 Å². The normalized spacial score (nSPS) is 17.5. The quantitative estimate of drug-likeness (QED) is 0.788. The number of methoxy groups -OCH3 is 1. The maximum absolute atomic E-state index is 12.0. The number of hydrogen-bond acceptors (Lipinski definition) is 5. The summed E-state index contributed by atoms with van der Waals surface area (Å²) < 4.78 is 10.3. The third-order valence-electron chi connectivity index (χ3n) is 3.22. The summed E-state index contributed by atoms with van der Waals surface area (Å²) in [6.07, 6.45) is 0.0206. The molecule has 1 aliphatic heterocycles. The van der Waals surface area contributed by atoms with Crippen molar-refractivity contribution in [2.45, 2.75) is 26.4 Å². The van der Waals surface area contributed by atoms with Crippen molar-refractivity contribution in [1.82, 2.24) is 0 Å². The average molecular weight is 279 g/mol. The molecule has 0 N–H and O–H groups in total. The van der Waals surface area contributed by atoms with Gasteiger partial charge in [-0.15, -0.1) is 0 Å². The molecule has 1 aromatic carbocycles. The molecular weight excluding hydrogens is 262 g/mol. The van der Waals surface area contributed by atoms with E-state index in [0.29, 0.717) is 23.4 Å². The van der Waals surface area contributed by atoms with Gasteiger partial charge in [-0.05, 0) is 31.0 Å². The SMILES string of the molecule is CCc1cc2c(cc1C(=O)OC)N(OC)C(=O)[C@@H](C)O2. The van der Waals surface area contributed by atoms with Crippen LogP contribution in [0.25, 0.3) is 0 Å². The number of benzene rings is 1. The van der Waals surface area contributed by atoms with Crippen molar-refractivity contribution in [3.63, 3.8) is 0 Å². The molecule has 1 heterocycles. The molecule has 0 radical (unpaired) electrons. The fourth-order valence-corrected chi connectivity index (χ4v) is 2.17. The van der Waals surface area contributed by atoms with Crippen LogP contribution in [0.4, 0.5) is 5.69 Å². The van der Waals surface area contributed by atoms with Crippen LogP contribution in [0.15, 0.2) is 12.1 Å². The molecule has 0 unspecified atom stereocenters. The van der Waals surface area contributed by atoms with E-state index in [-0.39, 0.29) is 5.91 Å². The van der Waals surface area contributed by atoms with Gasteiger partial charge < -0.3 is 9.47 Å². The molecule has 2 rings (SSSR count). The molecule has 0 fully saturated rings. The number of amides is 1. The zero-order valence-corrected chi connectivity index (χ0v) is 11.9. The first-order valence-corrected chi connectivity index (χ1v) is 6.33. The lowest BCUT2D eigenvalue weighted by Gasteiger charge is -2.31. The lowest BCUT2D eigenvalue weighted by atomic mass is 10.0. The molecule has 0 spiro atoms. The number of anilines is 1. The highest BCUT2D eigenvalue weighted by molar-refractivity contribution is 6.00. The van der Waals surface area contributed by atoms with Gasteiger partial charge in [0, 0.05) is 0 Å². The third kappa shape index (κ3) is 2.22. The van der Waals surface area contributed by atoms with Crippen LogP contribution in [-0.2, 0) is 20.8 Å². The lowest BCUT2D eigenvalue weighted by Crippen LogP contribution is -2.43. The molecular formula is C14H17NO5. The second kappa shape index (κ2) is 5.50. The number of rotatable bonds is 3.